The van der Waals surface area contributed by atoms with E-state index in [0.29, 0.717) is 25.9 Å². The second kappa shape index (κ2) is 6.77. The van der Waals surface area contributed by atoms with E-state index in [9.17, 15) is 9.59 Å². The lowest BCUT2D eigenvalue weighted by Crippen LogP contribution is -2.36. The van der Waals surface area contributed by atoms with Crippen molar-refractivity contribution >= 4 is 11.9 Å². The number of Topliss-reactive ketones (excluding diaryl/α,β-unsaturated/α-hetero) is 1. The molecule has 1 aliphatic rings. The van der Waals surface area contributed by atoms with Crippen LogP contribution in [0.1, 0.15) is 53.9 Å². The van der Waals surface area contributed by atoms with Gasteiger partial charge in [-0.25, -0.2) is 4.79 Å². The van der Waals surface area contributed by atoms with Crippen LogP contribution in [0.3, 0.4) is 0 Å². The van der Waals surface area contributed by atoms with E-state index >= 15 is 0 Å². The highest BCUT2D eigenvalue weighted by molar-refractivity contribution is 5.82. The lowest BCUT2D eigenvalue weighted by Gasteiger charge is -2.24. The van der Waals surface area contributed by atoms with Crippen molar-refractivity contribution in [2.75, 3.05) is 20.2 Å². The molecule has 1 saturated heterocycles. The number of amides is 1. The van der Waals surface area contributed by atoms with E-state index in [0.717, 1.165) is 6.42 Å². The third-order valence-electron chi connectivity index (χ3n) is 3.82. The molecule has 1 amide bonds. The van der Waals surface area contributed by atoms with Gasteiger partial charge in [0.15, 0.2) is 0 Å². The Kier molecular flexibility index (Phi) is 5.79. The summed E-state index contributed by atoms with van der Waals surface area (Å²) in [6.07, 6.45) is 1.60. The lowest BCUT2D eigenvalue weighted by molar-refractivity contribution is -0.123. The number of methoxy groups -OCH3 is 1. The first-order valence-corrected chi connectivity index (χ1v) is 7.60. The van der Waals surface area contributed by atoms with Gasteiger partial charge in [-0.3, -0.25) is 4.79 Å². The SMILES string of the molecule is COC(C)(C)CCC(=O)C1CCN(C(=O)OC(C)(C)C)C1. The van der Waals surface area contributed by atoms with Crippen molar-refractivity contribution < 1.29 is 19.1 Å². The third-order valence-corrected chi connectivity index (χ3v) is 3.82. The van der Waals surface area contributed by atoms with Crippen molar-refractivity contribution in [2.45, 2.75) is 65.1 Å². The van der Waals surface area contributed by atoms with Gasteiger partial charge in [0.1, 0.15) is 11.4 Å². The Balaban J connectivity index is 2.43. The smallest absolute Gasteiger partial charge is 0.410 e. The maximum Gasteiger partial charge on any atom is 0.410 e. The lowest BCUT2D eigenvalue weighted by atomic mass is 9.94. The highest BCUT2D eigenvalue weighted by atomic mass is 16.6. The fourth-order valence-corrected chi connectivity index (χ4v) is 2.25. The zero-order valence-corrected chi connectivity index (χ0v) is 14.2. The van der Waals surface area contributed by atoms with Gasteiger partial charge in [-0.1, -0.05) is 0 Å². The predicted molar refractivity (Wildman–Crippen MR) is 81.2 cm³/mol. The Morgan fingerprint density at radius 1 is 1.19 bits per heavy atom. The first kappa shape index (κ1) is 18.0. The van der Waals surface area contributed by atoms with Gasteiger partial charge >= 0.3 is 6.09 Å². The van der Waals surface area contributed by atoms with Gasteiger partial charge in [-0.2, -0.15) is 0 Å². The zero-order valence-electron chi connectivity index (χ0n) is 14.2. The van der Waals surface area contributed by atoms with Crippen LogP contribution >= 0.6 is 0 Å². The fraction of sp³-hybridized carbons (Fsp3) is 0.875. The molecule has 1 heterocycles. The maximum absolute atomic E-state index is 12.2. The molecular formula is C16H29NO4. The van der Waals surface area contributed by atoms with E-state index in [-0.39, 0.29) is 23.4 Å². The second-order valence-corrected chi connectivity index (χ2v) is 7.34. The number of ether oxygens (including phenoxy) is 2. The number of nitrogens with zero attached hydrogens (tertiary/aromatic N) is 1. The largest absolute Gasteiger partial charge is 0.444 e. The predicted octanol–water partition coefficient (Wildman–Crippen LogP) is 3.02. The van der Waals surface area contributed by atoms with Crippen molar-refractivity contribution in [3.63, 3.8) is 0 Å². The van der Waals surface area contributed by atoms with Crippen molar-refractivity contribution in [2.24, 2.45) is 5.92 Å². The van der Waals surface area contributed by atoms with Gasteiger partial charge in [0.05, 0.1) is 5.60 Å². The molecule has 0 aliphatic carbocycles. The molecule has 0 N–H and O–H groups in total. The topological polar surface area (TPSA) is 55.8 Å². The van der Waals surface area contributed by atoms with Crippen molar-refractivity contribution in [1.82, 2.24) is 4.90 Å². The molecule has 0 aromatic carbocycles. The summed E-state index contributed by atoms with van der Waals surface area (Å²) in [4.78, 5) is 25.8. The maximum atomic E-state index is 12.2. The van der Waals surface area contributed by atoms with Crippen LogP contribution in [0, 0.1) is 5.92 Å². The molecular weight excluding hydrogens is 270 g/mol. The van der Waals surface area contributed by atoms with Gasteiger partial charge in [0.2, 0.25) is 0 Å². The number of rotatable bonds is 5. The standard InChI is InChI=1S/C16H29NO4/c1-15(2,3)21-14(19)17-10-8-12(11-17)13(18)7-9-16(4,5)20-6/h12H,7-11H2,1-6H3. The normalized spacial score (nSPS) is 19.7. The average molecular weight is 299 g/mol. The van der Waals surface area contributed by atoms with Gasteiger partial charge in [-0.15, -0.1) is 0 Å². The number of carbonyl (C=O) groups excluding carboxylic acids is 2. The Labute approximate surface area is 128 Å². The molecule has 0 aromatic rings. The van der Waals surface area contributed by atoms with Crippen LogP contribution in [-0.4, -0.2) is 48.2 Å². The van der Waals surface area contributed by atoms with E-state index in [1.807, 2.05) is 34.6 Å². The highest BCUT2D eigenvalue weighted by Gasteiger charge is 2.33. The van der Waals surface area contributed by atoms with Crippen LogP contribution < -0.4 is 0 Å². The van der Waals surface area contributed by atoms with Crippen LogP contribution in [0.2, 0.25) is 0 Å². The molecule has 122 valence electrons. The molecule has 5 heteroatoms. The van der Waals surface area contributed by atoms with E-state index < -0.39 is 5.60 Å². The van der Waals surface area contributed by atoms with Crippen LogP contribution in [-0.2, 0) is 14.3 Å². The molecule has 0 radical (unpaired) electrons. The molecule has 1 rings (SSSR count). The fourth-order valence-electron chi connectivity index (χ4n) is 2.25. The van der Waals surface area contributed by atoms with E-state index in [1.54, 1.807) is 12.0 Å². The summed E-state index contributed by atoms with van der Waals surface area (Å²) in [7, 11) is 1.66. The Hall–Kier alpha value is -1.10. The summed E-state index contributed by atoms with van der Waals surface area (Å²) in [6.45, 7) is 10.5. The number of likely N-dealkylation sites (tertiary alicyclic amines) is 1. The number of carbonyl (C=O) groups is 2. The summed E-state index contributed by atoms with van der Waals surface area (Å²) in [6, 6.07) is 0. The molecule has 5 nitrogen and oxygen atoms in total. The van der Waals surface area contributed by atoms with Gasteiger partial charge < -0.3 is 14.4 Å². The van der Waals surface area contributed by atoms with Gasteiger partial charge in [-0.05, 0) is 47.5 Å². The minimum Gasteiger partial charge on any atom is -0.444 e. The van der Waals surface area contributed by atoms with Crippen LogP contribution in [0.4, 0.5) is 4.79 Å². The van der Waals surface area contributed by atoms with Gasteiger partial charge in [0.25, 0.3) is 0 Å². The Morgan fingerprint density at radius 3 is 2.33 bits per heavy atom. The average Bonchev–Trinajstić information content (AvgIpc) is 2.83. The van der Waals surface area contributed by atoms with E-state index in [1.165, 1.54) is 0 Å². The molecule has 1 unspecified atom stereocenters. The summed E-state index contributed by atoms with van der Waals surface area (Å²) in [5, 5.41) is 0. The van der Waals surface area contributed by atoms with Crippen molar-refractivity contribution in [3.05, 3.63) is 0 Å². The zero-order chi connectivity index (χ0) is 16.3. The Morgan fingerprint density at radius 2 is 1.81 bits per heavy atom. The molecule has 0 bridgehead atoms. The minimum atomic E-state index is -0.498. The molecule has 0 spiro atoms. The van der Waals surface area contributed by atoms with Crippen LogP contribution in [0.15, 0.2) is 0 Å². The molecule has 1 aliphatic heterocycles. The minimum absolute atomic E-state index is 0.0647. The van der Waals surface area contributed by atoms with Crippen LogP contribution in [0.5, 0.6) is 0 Å². The summed E-state index contributed by atoms with van der Waals surface area (Å²) in [5.74, 6) is 0.149. The summed E-state index contributed by atoms with van der Waals surface area (Å²) in [5.41, 5.74) is -0.777. The molecule has 1 atom stereocenters. The number of hydrogen-bond acceptors (Lipinski definition) is 4. The first-order valence-electron chi connectivity index (χ1n) is 7.60. The molecule has 0 aromatic heterocycles. The molecule has 0 saturated carbocycles. The first-order chi connectivity index (χ1) is 9.54. The third kappa shape index (κ3) is 6.04. The number of hydrogen-bond donors (Lipinski definition) is 0. The number of ketones is 1. The quantitative estimate of drug-likeness (QED) is 0.783. The Bertz CT molecular complexity index is 384. The molecule has 21 heavy (non-hydrogen) atoms. The van der Waals surface area contributed by atoms with Crippen molar-refractivity contribution in [3.8, 4) is 0 Å². The molecule has 1 fully saturated rings. The van der Waals surface area contributed by atoms with Crippen LogP contribution in [0.25, 0.3) is 0 Å². The van der Waals surface area contributed by atoms with E-state index in [2.05, 4.69) is 0 Å². The van der Waals surface area contributed by atoms with Crippen molar-refractivity contribution in [1.29, 1.82) is 0 Å². The monoisotopic (exact) mass is 299 g/mol. The van der Waals surface area contributed by atoms with E-state index in [4.69, 9.17) is 9.47 Å². The van der Waals surface area contributed by atoms with Gasteiger partial charge in [0, 0.05) is 32.5 Å². The highest BCUT2D eigenvalue weighted by Crippen LogP contribution is 2.24. The summed E-state index contributed by atoms with van der Waals surface area (Å²) < 4.78 is 10.7. The second-order valence-electron chi connectivity index (χ2n) is 7.34. The summed E-state index contributed by atoms with van der Waals surface area (Å²) >= 11 is 0.